The Labute approximate surface area is 276 Å². The van der Waals surface area contributed by atoms with Gasteiger partial charge in [-0.3, -0.25) is 9.69 Å². The van der Waals surface area contributed by atoms with Crippen LogP contribution in [0.5, 0.6) is 0 Å². The molecule has 0 atom stereocenters. The van der Waals surface area contributed by atoms with Crippen LogP contribution in [0.25, 0.3) is 5.57 Å². The Morgan fingerprint density at radius 1 is 0.761 bits per heavy atom. The van der Waals surface area contributed by atoms with Crippen LogP contribution >= 0.6 is 35.3 Å². The molecular formula is C32H28FNO9S3. The van der Waals surface area contributed by atoms with Crippen LogP contribution in [-0.4, -0.2) is 67.8 Å². The van der Waals surface area contributed by atoms with Crippen LogP contribution in [0.2, 0.25) is 0 Å². The summed E-state index contributed by atoms with van der Waals surface area (Å²) in [5.41, 5.74) is 0.726. The largest absolute Gasteiger partial charge is 0.466 e. The summed E-state index contributed by atoms with van der Waals surface area (Å²) >= 11 is 2.61. The summed E-state index contributed by atoms with van der Waals surface area (Å²) in [6.07, 6.45) is 0. The van der Waals surface area contributed by atoms with E-state index in [1.807, 2.05) is 0 Å². The topological polar surface area (TPSA) is 126 Å². The Balaban J connectivity index is 1.90. The zero-order valence-electron chi connectivity index (χ0n) is 25.8. The van der Waals surface area contributed by atoms with E-state index < -0.39 is 45.2 Å². The number of hydrogen-bond donors (Lipinski definition) is 0. The second kappa shape index (κ2) is 12.3. The summed E-state index contributed by atoms with van der Waals surface area (Å²) in [7, 11) is 4.60. The average molecular weight is 686 g/mol. The minimum Gasteiger partial charge on any atom is -0.466 e. The fourth-order valence-electron chi connectivity index (χ4n) is 5.63. The molecule has 10 nitrogen and oxygen atoms in total. The van der Waals surface area contributed by atoms with Gasteiger partial charge in [-0.25, -0.2) is 23.6 Å². The van der Waals surface area contributed by atoms with Crippen molar-refractivity contribution in [1.29, 1.82) is 0 Å². The van der Waals surface area contributed by atoms with Crippen molar-refractivity contribution in [2.45, 2.75) is 30.4 Å². The summed E-state index contributed by atoms with van der Waals surface area (Å²) in [5.74, 6) is -4.61. The van der Waals surface area contributed by atoms with Crippen molar-refractivity contribution in [2.24, 2.45) is 0 Å². The van der Waals surface area contributed by atoms with Gasteiger partial charge in [0.2, 0.25) is 0 Å². The number of aryl methyl sites for hydroxylation is 1. The van der Waals surface area contributed by atoms with E-state index in [-0.39, 0.29) is 25.9 Å². The van der Waals surface area contributed by atoms with Gasteiger partial charge in [-0.05, 0) is 44.5 Å². The monoisotopic (exact) mass is 685 g/mol. The highest BCUT2D eigenvalue weighted by atomic mass is 32.2. The molecule has 1 amide bonds. The van der Waals surface area contributed by atoms with Crippen LogP contribution in [0.15, 0.2) is 67.7 Å². The van der Waals surface area contributed by atoms with Gasteiger partial charge < -0.3 is 18.9 Å². The number of methoxy groups -OCH3 is 4. The minimum atomic E-state index is -1.70. The van der Waals surface area contributed by atoms with Crippen LogP contribution in [0, 0.1) is 12.7 Å². The number of rotatable bonds is 5. The smallest absolute Gasteiger partial charge is 0.345 e. The third kappa shape index (κ3) is 5.03. The predicted octanol–water partition coefficient (Wildman–Crippen LogP) is 5.37. The van der Waals surface area contributed by atoms with Crippen LogP contribution in [-0.2, 0) is 38.1 Å². The number of halogens is 1. The molecule has 2 aromatic carbocycles. The fraction of sp³-hybridized carbons (Fsp3) is 0.281. The van der Waals surface area contributed by atoms with Crippen LogP contribution in [0.1, 0.15) is 35.3 Å². The molecule has 2 aromatic rings. The van der Waals surface area contributed by atoms with E-state index >= 15 is 0 Å². The van der Waals surface area contributed by atoms with E-state index in [1.165, 1.54) is 23.1 Å². The standard InChI is InChI=1S/C32H28FNO9S3/c1-15-10-8-13-18-19-25(31(2,3)34(21(15)18)26(35)16-11-9-12-17(33)14-16)44-22(28(37)41-5)20(27(36)40-4)32(19)45-23(29(38)42-6)24(46-32)30(39)43-7/h8-14H,1-7H3. The molecule has 46 heavy (non-hydrogen) atoms. The van der Waals surface area contributed by atoms with E-state index in [2.05, 4.69) is 0 Å². The van der Waals surface area contributed by atoms with E-state index in [1.54, 1.807) is 39.0 Å². The quantitative estimate of drug-likeness (QED) is 0.297. The number of anilines is 1. The first-order chi connectivity index (χ1) is 21.8. The van der Waals surface area contributed by atoms with Crippen LogP contribution < -0.4 is 4.90 Å². The first-order valence-electron chi connectivity index (χ1n) is 13.6. The highest BCUT2D eigenvalue weighted by molar-refractivity contribution is 8.26. The van der Waals surface area contributed by atoms with E-state index in [0.29, 0.717) is 27.3 Å². The molecule has 0 aliphatic carbocycles. The van der Waals surface area contributed by atoms with Crippen molar-refractivity contribution < 1.29 is 47.3 Å². The second-order valence-corrected chi connectivity index (χ2v) is 14.4. The number of ether oxygens (including phenoxy) is 4. The number of para-hydroxylation sites is 1. The Morgan fingerprint density at radius 3 is 1.85 bits per heavy atom. The first kappa shape index (κ1) is 33.4. The molecule has 0 bridgehead atoms. The Kier molecular flexibility index (Phi) is 8.92. The maximum absolute atomic E-state index is 14.4. The van der Waals surface area contributed by atoms with Gasteiger partial charge >= 0.3 is 23.9 Å². The van der Waals surface area contributed by atoms with Gasteiger partial charge in [0.1, 0.15) is 24.6 Å². The molecule has 3 heterocycles. The molecule has 0 saturated carbocycles. The van der Waals surface area contributed by atoms with Crippen molar-refractivity contribution >= 4 is 76.3 Å². The van der Waals surface area contributed by atoms with Gasteiger partial charge in [-0.15, -0.1) is 0 Å². The second-order valence-electron chi connectivity index (χ2n) is 10.6. The number of carbonyl (C=O) groups is 5. The first-order valence-corrected chi connectivity index (χ1v) is 16.1. The number of benzene rings is 2. The zero-order valence-corrected chi connectivity index (χ0v) is 28.2. The number of amides is 1. The molecule has 0 radical (unpaired) electrons. The van der Waals surface area contributed by atoms with E-state index in [4.69, 9.17) is 18.9 Å². The Morgan fingerprint density at radius 2 is 1.30 bits per heavy atom. The highest BCUT2D eigenvalue weighted by Gasteiger charge is 2.62. The lowest BCUT2D eigenvalue weighted by molar-refractivity contribution is -0.138. The maximum Gasteiger partial charge on any atom is 0.345 e. The van der Waals surface area contributed by atoms with Gasteiger partial charge in [-0.1, -0.05) is 59.6 Å². The molecule has 3 aliphatic heterocycles. The van der Waals surface area contributed by atoms with Crippen molar-refractivity contribution in [2.75, 3.05) is 33.3 Å². The maximum atomic E-state index is 14.4. The summed E-state index contributed by atoms with van der Waals surface area (Å²) in [6, 6.07) is 10.6. The summed E-state index contributed by atoms with van der Waals surface area (Å²) in [5, 5.41) is 0. The highest BCUT2D eigenvalue weighted by Crippen LogP contribution is 2.71. The van der Waals surface area contributed by atoms with E-state index in [9.17, 15) is 28.4 Å². The number of nitrogens with zero attached hydrogens (tertiary/aromatic N) is 1. The van der Waals surface area contributed by atoms with Gasteiger partial charge in [-0.2, -0.15) is 0 Å². The lowest BCUT2D eigenvalue weighted by Crippen LogP contribution is -2.54. The van der Waals surface area contributed by atoms with Crippen molar-refractivity contribution in [3.8, 4) is 0 Å². The third-order valence-electron chi connectivity index (χ3n) is 7.64. The van der Waals surface area contributed by atoms with Crippen molar-refractivity contribution in [3.05, 3.63) is 90.2 Å². The molecule has 5 rings (SSSR count). The van der Waals surface area contributed by atoms with Gasteiger partial charge in [0, 0.05) is 21.6 Å². The molecule has 0 aromatic heterocycles. The number of fused-ring (bicyclic) bond motifs is 3. The normalized spacial score (nSPS) is 17.8. The predicted molar refractivity (Wildman–Crippen MR) is 173 cm³/mol. The summed E-state index contributed by atoms with van der Waals surface area (Å²) < 4.78 is 33.0. The SMILES string of the molecule is COC(=O)C1=C(C(=O)OC)SC2(S1)C(C(=O)OC)=C(C(=O)OC)SC1=C2c2cccc(C)c2N(C(=O)c2cccc(F)c2)C1(C)C. The molecule has 0 saturated heterocycles. The van der Waals surface area contributed by atoms with Crippen LogP contribution in [0.4, 0.5) is 10.1 Å². The minimum absolute atomic E-state index is 0.0908. The molecule has 14 heteroatoms. The average Bonchev–Trinajstić information content (AvgIpc) is 3.43. The number of thioether (sulfide) groups is 3. The van der Waals surface area contributed by atoms with Gasteiger partial charge in [0.15, 0.2) is 0 Å². The van der Waals surface area contributed by atoms with Crippen LogP contribution in [0.3, 0.4) is 0 Å². The van der Waals surface area contributed by atoms with Gasteiger partial charge in [0.25, 0.3) is 5.91 Å². The fourth-order valence-corrected chi connectivity index (χ4v) is 10.7. The molecule has 1 spiro atoms. The number of hydrogen-bond acceptors (Lipinski definition) is 12. The molecule has 240 valence electrons. The Bertz CT molecular complexity index is 1800. The third-order valence-corrected chi connectivity index (χ3v) is 12.3. The molecular weight excluding hydrogens is 658 g/mol. The lowest BCUT2D eigenvalue weighted by atomic mass is 9.82. The lowest BCUT2D eigenvalue weighted by Gasteiger charge is -2.51. The van der Waals surface area contributed by atoms with E-state index in [0.717, 1.165) is 69.8 Å². The molecule has 3 aliphatic rings. The summed E-state index contributed by atoms with van der Waals surface area (Å²) in [6.45, 7) is 5.32. The molecule has 0 unspecified atom stereocenters. The van der Waals surface area contributed by atoms with Gasteiger partial charge in [0.05, 0.1) is 45.2 Å². The number of esters is 4. The van der Waals surface area contributed by atoms with Crippen molar-refractivity contribution in [3.63, 3.8) is 0 Å². The molecule has 0 fully saturated rings. The molecule has 0 N–H and O–H groups in total. The number of carbonyl (C=O) groups excluding carboxylic acids is 5. The Hall–Kier alpha value is -4.01. The zero-order chi connectivity index (χ0) is 33.7. The summed E-state index contributed by atoms with van der Waals surface area (Å²) in [4.78, 5) is 69.4. The van der Waals surface area contributed by atoms with Crippen molar-refractivity contribution in [1.82, 2.24) is 0 Å².